The first-order chi connectivity index (χ1) is 15.6. The van der Waals surface area contributed by atoms with Crippen molar-refractivity contribution in [1.82, 2.24) is 14.6 Å². The second kappa shape index (κ2) is 8.31. The van der Waals surface area contributed by atoms with Crippen LogP contribution in [0, 0.1) is 13.8 Å². The van der Waals surface area contributed by atoms with Crippen molar-refractivity contribution in [2.45, 2.75) is 25.3 Å². The summed E-state index contributed by atoms with van der Waals surface area (Å²) in [5.74, 6) is 1.23. The standard InChI is InChI=1S/C25H24N4O2S/c1-16-14-23(32-15-22(30)28-13-12-18-8-4-6-10-20(18)28)29-25(26-16)24(17(2)27-29)19-9-5-7-11-21(19)31-3/h4-11,14H,12-13,15H2,1-3H3. The Morgan fingerprint density at radius 3 is 2.75 bits per heavy atom. The lowest BCUT2D eigenvalue weighted by atomic mass is 10.1. The molecule has 5 rings (SSSR count). The van der Waals surface area contributed by atoms with E-state index in [1.165, 1.54) is 17.3 Å². The molecule has 1 aliphatic heterocycles. The molecule has 2 aromatic heterocycles. The normalized spacial score (nSPS) is 12.9. The fourth-order valence-electron chi connectivity index (χ4n) is 4.29. The second-order valence-corrected chi connectivity index (χ2v) is 8.84. The molecule has 7 heteroatoms. The van der Waals surface area contributed by atoms with Gasteiger partial charge in [0.1, 0.15) is 10.8 Å². The molecule has 0 unspecified atom stereocenters. The van der Waals surface area contributed by atoms with E-state index in [0.717, 1.165) is 57.6 Å². The molecular formula is C25H24N4O2S. The molecular weight excluding hydrogens is 420 g/mol. The molecule has 4 aromatic rings. The molecule has 6 nitrogen and oxygen atoms in total. The number of fused-ring (bicyclic) bond motifs is 2. The fourth-order valence-corrected chi connectivity index (χ4v) is 5.22. The molecule has 0 spiro atoms. The van der Waals surface area contributed by atoms with Gasteiger partial charge >= 0.3 is 0 Å². The maximum Gasteiger partial charge on any atom is 0.237 e. The van der Waals surface area contributed by atoms with Crippen LogP contribution >= 0.6 is 11.8 Å². The number of carbonyl (C=O) groups excluding carboxylic acids is 1. The first kappa shape index (κ1) is 20.6. The molecule has 2 aromatic carbocycles. The summed E-state index contributed by atoms with van der Waals surface area (Å²) < 4.78 is 7.43. The highest BCUT2D eigenvalue weighted by atomic mass is 32.2. The van der Waals surface area contributed by atoms with Crippen molar-refractivity contribution < 1.29 is 9.53 Å². The predicted molar refractivity (Wildman–Crippen MR) is 128 cm³/mol. The van der Waals surface area contributed by atoms with Gasteiger partial charge in [0.2, 0.25) is 5.91 Å². The van der Waals surface area contributed by atoms with Crippen molar-refractivity contribution >= 4 is 29.0 Å². The number of rotatable bonds is 5. The van der Waals surface area contributed by atoms with Crippen molar-refractivity contribution in [3.63, 3.8) is 0 Å². The minimum Gasteiger partial charge on any atom is -0.496 e. The van der Waals surface area contributed by atoms with Crippen LogP contribution in [0.15, 0.2) is 59.6 Å². The van der Waals surface area contributed by atoms with Gasteiger partial charge < -0.3 is 9.64 Å². The summed E-state index contributed by atoms with van der Waals surface area (Å²) in [6.45, 7) is 4.69. The quantitative estimate of drug-likeness (QED) is 0.330. The van der Waals surface area contributed by atoms with Gasteiger partial charge in [-0.3, -0.25) is 4.79 Å². The average Bonchev–Trinajstić information content (AvgIpc) is 3.38. The molecule has 0 saturated carbocycles. The van der Waals surface area contributed by atoms with E-state index in [2.05, 4.69) is 6.07 Å². The zero-order valence-corrected chi connectivity index (χ0v) is 19.1. The largest absolute Gasteiger partial charge is 0.496 e. The third-order valence-electron chi connectivity index (χ3n) is 5.77. The number of methoxy groups -OCH3 is 1. The number of thioether (sulfide) groups is 1. The Bertz CT molecular complexity index is 1330. The van der Waals surface area contributed by atoms with Crippen LogP contribution in [0.1, 0.15) is 17.0 Å². The Balaban J connectivity index is 1.47. The fraction of sp³-hybridized carbons (Fsp3) is 0.240. The second-order valence-electron chi connectivity index (χ2n) is 7.84. The zero-order chi connectivity index (χ0) is 22.2. The molecule has 0 bridgehead atoms. The van der Waals surface area contributed by atoms with Gasteiger partial charge in [-0.05, 0) is 44.0 Å². The molecule has 32 heavy (non-hydrogen) atoms. The van der Waals surface area contributed by atoms with Crippen molar-refractivity contribution in [1.29, 1.82) is 0 Å². The van der Waals surface area contributed by atoms with Gasteiger partial charge in [0.15, 0.2) is 5.65 Å². The highest BCUT2D eigenvalue weighted by molar-refractivity contribution is 7.99. The molecule has 0 fully saturated rings. The van der Waals surface area contributed by atoms with Crippen LogP contribution in [0.2, 0.25) is 0 Å². The smallest absolute Gasteiger partial charge is 0.237 e. The molecule has 0 atom stereocenters. The van der Waals surface area contributed by atoms with E-state index in [-0.39, 0.29) is 5.91 Å². The number of benzene rings is 2. The first-order valence-electron chi connectivity index (χ1n) is 10.6. The molecule has 162 valence electrons. The van der Waals surface area contributed by atoms with Gasteiger partial charge in [-0.25, -0.2) is 9.50 Å². The lowest BCUT2D eigenvalue weighted by Gasteiger charge is -2.17. The van der Waals surface area contributed by atoms with E-state index in [0.29, 0.717) is 5.75 Å². The highest BCUT2D eigenvalue weighted by Crippen LogP contribution is 2.36. The van der Waals surface area contributed by atoms with Crippen molar-refractivity contribution in [2.75, 3.05) is 24.3 Å². The van der Waals surface area contributed by atoms with Crippen LogP contribution < -0.4 is 9.64 Å². The van der Waals surface area contributed by atoms with E-state index in [9.17, 15) is 4.79 Å². The average molecular weight is 445 g/mol. The van der Waals surface area contributed by atoms with Gasteiger partial charge in [-0.15, -0.1) is 0 Å². The van der Waals surface area contributed by atoms with Crippen LogP contribution in [0.4, 0.5) is 5.69 Å². The molecule has 1 amide bonds. The number of hydrogen-bond donors (Lipinski definition) is 0. The van der Waals surface area contributed by atoms with E-state index in [1.54, 1.807) is 7.11 Å². The number of aromatic nitrogens is 3. The van der Waals surface area contributed by atoms with E-state index < -0.39 is 0 Å². The highest BCUT2D eigenvalue weighted by Gasteiger charge is 2.25. The third kappa shape index (κ3) is 3.52. The summed E-state index contributed by atoms with van der Waals surface area (Å²) in [5, 5.41) is 5.67. The minimum atomic E-state index is 0.108. The Hall–Kier alpha value is -3.32. The molecule has 0 saturated heterocycles. The van der Waals surface area contributed by atoms with Gasteiger partial charge in [-0.2, -0.15) is 5.10 Å². The van der Waals surface area contributed by atoms with E-state index >= 15 is 0 Å². The van der Waals surface area contributed by atoms with E-state index in [1.807, 2.05) is 71.8 Å². The van der Waals surface area contributed by atoms with Crippen LogP contribution in [-0.4, -0.2) is 39.9 Å². The summed E-state index contributed by atoms with van der Waals surface area (Å²) in [4.78, 5) is 19.7. The molecule has 3 heterocycles. The summed E-state index contributed by atoms with van der Waals surface area (Å²) in [7, 11) is 1.67. The van der Waals surface area contributed by atoms with Crippen LogP contribution in [0.25, 0.3) is 16.8 Å². The third-order valence-corrected chi connectivity index (χ3v) is 6.75. The van der Waals surface area contributed by atoms with Crippen molar-refractivity contribution in [3.05, 3.63) is 71.5 Å². The van der Waals surface area contributed by atoms with Crippen molar-refractivity contribution in [2.24, 2.45) is 0 Å². The summed E-state index contributed by atoms with van der Waals surface area (Å²) >= 11 is 1.50. The first-order valence-corrected chi connectivity index (χ1v) is 11.6. The SMILES string of the molecule is COc1ccccc1-c1c(C)nn2c(SCC(=O)N3CCc4ccccc43)cc(C)nc12. The van der Waals surface area contributed by atoms with Gasteiger partial charge in [0.05, 0.1) is 24.1 Å². The number of aryl methyl sites for hydroxylation is 2. The van der Waals surface area contributed by atoms with Crippen LogP contribution in [-0.2, 0) is 11.2 Å². The Morgan fingerprint density at radius 2 is 1.91 bits per heavy atom. The Labute approximate surface area is 191 Å². The van der Waals surface area contributed by atoms with Gasteiger partial charge in [0, 0.05) is 23.5 Å². The number of ether oxygens (including phenoxy) is 1. The lowest BCUT2D eigenvalue weighted by Crippen LogP contribution is -2.30. The number of anilines is 1. The van der Waals surface area contributed by atoms with Crippen molar-refractivity contribution in [3.8, 4) is 16.9 Å². The molecule has 1 aliphatic rings. The Morgan fingerprint density at radius 1 is 1.12 bits per heavy atom. The van der Waals surface area contributed by atoms with Gasteiger partial charge in [-0.1, -0.05) is 48.2 Å². The lowest BCUT2D eigenvalue weighted by molar-refractivity contribution is -0.116. The topological polar surface area (TPSA) is 59.7 Å². The maximum absolute atomic E-state index is 13.0. The van der Waals surface area contributed by atoms with Gasteiger partial charge in [0.25, 0.3) is 0 Å². The monoisotopic (exact) mass is 444 g/mol. The predicted octanol–water partition coefficient (Wildman–Crippen LogP) is 4.70. The Kier molecular flexibility index (Phi) is 5.35. The number of hydrogen-bond acceptors (Lipinski definition) is 5. The molecule has 0 N–H and O–H groups in total. The number of para-hydroxylation sites is 2. The van der Waals surface area contributed by atoms with Crippen LogP contribution in [0.5, 0.6) is 5.75 Å². The molecule has 0 aliphatic carbocycles. The zero-order valence-electron chi connectivity index (χ0n) is 18.3. The maximum atomic E-state index is 13.0. The molecule has 0 radical (unpaired) electrons. The van der Waals surface area contributed by atoms with Crippen LogP contribution in [0.3, 0.4) is 0 Å². The number of carbonyl (C=O) groups is 1. The van der Waals surface area contributed by atoms with E-state index in [4.69, 9.17) is 14.8 Å². The summed E-state index contributed by atoms with van der Waals surface area (Å²) in [6, 6.07) is 18.0. The summed E-state index contributed by atoms with van der Waals surface area (Å²) in [6.07, 6.45) is 0.909. The summed E-state index contributed by atoms with van der Waals surface area (Å²) in [5.41, 5.74) is 6.70. The minimum absolute atomic E-state index is 0.108. The number of amides is 1. The number of nitrogens with zero attached hydrogens (tertiary/aromatic N) is 4.